The highest BCUT2D eigenvalue weighted by Crippen LogP contribution is 2.44. The van der Waals surface area contributed by atoms with Crippen molar-refractivity contribution in [2.45, 2.75) is 25.5 Å². The van der Waals surface area contributed by atoms with Crippen molar-refractivity contribution in [1.82, 2.24) is 0 Å². The van der Waals surface area contributed by atoms with Gasteiger partial charge in [0.15, 0.2) is 11.4 Å². The van der Waals surface area contributed by atoms with Crippen molar-refractivity contribution in [1.29, 1.82) is 0 Å². The first-order chi connectivity index (χ1) is 13.4. The first kappa shape index (κ1) is 18.5. The minimum absolute atomic E-state index is 0.115. The van der Waals surface area contributed by atoms with Crippen molar-refractivity contribution < 1.29 is 19.1 Å². The molecule has 4 rings (SSSR count). The highest BCUT2D eigenvalue weighted by atomic mass is 35.5. The summed E-state index contributed by atoms with van der Waals surface area (Å²) in [5, 5.41) is 11.7. The Morgan fingerprint density at radius 3 is 2.57 bits per heavy atom. The molecule has 142 valence electrons. The maximum atomic E-state index is 13.2. The van der Waals surface area contributed by atoms with Crippen LogP contribution in [0.2, 0.25) is 5.02 Å². The summed E-state index contributed by atoms with van der Waals surface area (Å²) in [6.45, 7) is 2.01. The number of aliphatic hydroxyl groups is 1. The van der Waals surface area contributed by atoms with Gasteiger partial charge in [-0.3, -0.25) is 9.59 Å². The summed E-state index contributed by atoms with van der Waals surface area (Å²) < 4.78 is 5.36. The van der Waals surface area contributed by atoms with Crippen LogP contribution < -0.4 is 4.90 Å². The zero-order valence-corrected chi connectivity index (χ0v) is 15.9. The summed E-state index contributed by atoms with van der Waals surface area (Å²) in [6, 6.07) is 17.6. The quantitative estimate of drug-likeness (QED) is 0.655. The number of Topliss-reactive ketones (excluding diaryl/α,β-unsaturated/α-hetero) is 1. The Kier molecular flexibility index (Phi) is 4.57. The molecule has 1 amide bonds. The van der Waals surface area contributed by atoms with E-state index in [0.717, 1.165) is 5.56 Å². The number of fused-ring (bicyclic) bond motifs is 1. The average molecular weight is 396 g/mol. The number of aryl methyl sites for hydroxylation is 1. The lowest BCUT2D eigenvalue weighted by Crippen LogP contribution is -2.41. The number of carbonyl (C=O) groups is 2. The fourth-order valence-corrected chi connectivity index (χ4v) is 3.69. The van der Waals surface area contributed by atoms with E-state index >= 15 is 0 Å². The van der Waals surface area contributed by atoms with Crippen molar-refractivity contribution in [3.8, 4) is 0 Å². The summed E-state index contributed by atoms with van der Waals surface area (Å²) in [5.41, 5.74) is -0.206. The van der Waals surface area contributed by atoms with Gasteiger partial charge in [0.25, 0.3) is 5.91 Å². The molecule has 1 aromatic heterocycles. The maximum absolute atomic E-state index is 13.2. The fraction of sp³-hybridized carbons (Fsp3) is 0.182. The van der Waals surface area contributed by atoms with Crippen LogP contribution in [0, 0.1) is 6.92 Å². The molecule has 0 saturated heterocycles. The van der Waals surface area contributed by atoms with Crippen LogP contribution >= 0.6 is 11.6 Å². The van der Waals surface area contributed by atoms with E-state index < -0.39 is 23.7 Å². The molecule has 0 radical (unpaired) electrons. The molecule has 6 heteroatoms. The number of anilines is 1. The molecule has 0 saturated carbocycles. The van der Waals surface area contributed by atoms with Crippen molar-refractivity contribution in [3.63, 3.8) is 0 Å². The molecular weight excluding hydrogens is 378 g/mol. The van der Waals surface area contributed by atoms with Crippen LogP contribution in [0.3, 0.4) is 0 Å². The van der Waals surface area contributed by atoms with Gasteiger partial charge in [-0.25, -0.2) is 0 Å². The van der Waals surface area contributed by atoms with Gasteiger partial charge in [-0.05, 0) is 42.8 Å². The molecule has 28 heavy (non-hydrogen) atoms. The van der Waals surface area contributed by atoms with Crippen LogP contribution in [0.25, 0.3) is 0 Å². The Labute approximate surface area is 167 Å². The van der Waals surface area contributed by atoms with Crippen LogP contribution in [0.15, 0.2) is 65.1 Å². The Morgan fingerprint density at radius 2 is 1.89 bits per heavy atom. The minimum atomic E-state index is -1.99. The van der Waals surface area contributed by atoms with E-state index in [1.54, 1.807) is 37.3 Å². The lowest BCUT2D eigenvalue weighted by atomic mass is 9.89. The van der Waals surface area contributed by atoms with E-state index in [4.69, 9.17) is 16.0 Å². The monoisotopic (exact) mass is 395 g/mol. The number of ketones is 1. The van der Waals surface area contributed by atoms with Crippen molar-refractivity contribution in [3.05, 3.63) is 88.3 Å². The molecule has 0 aliphatic carbocycles. The lowest BCUT2D eigenvalue weighted by Gasteiger charge is -2.22. The number of carbonyl (C=O) groups excluding carboxylic acids is 2. The Morgan fingerprint density at radius 1 is 1.14 bits per heavy atom. The number of nitrogens with zero attached hydrogens (tertiary/aromatic N) is 1. The number of hydrogen-bond acceptors (Lipinski definition) is 4. The van der Waals surface area contributed by atoms with E-state index in [9.17, 15) is 14.7 Å². The Hall–Kier alpha value is -2.89. The topological polar surface area (TPSA) is 70.8 Å². The van der Waals surface area contributed by atoms with Gasteiger partial charge in [-0.15, -0.1) is 0 Å². The summed E-state index contributed by atoms with van der Waals surface area (Å²) >= 11 is 6.12. The van der Waals surface area contributed by atoms with Crippen LogP contribution in [-0.2, 0) is 16.9 Å². The maximum Gasteiger partial charge on any atom is 0.264 e. The lowest BCUT2D eigenvalue weighted by molar-refractivity contribution is -0.136. The molecular formula is C22H18ClNO4. The van der Waals surface area contributed by atoms with Gasteiger partial charge in [-0.1, -0.05) is 41.9 Å². The summed E-state index contributed by atoms with van der Waals surface area (Å²) in [6.07, 6.45) is -0.419. The van der Waals surface area contributed by atoms with Crippen LogP contribution in [0.5, 0.6) is 0 Å². The second-order valence-electron chi connectivity index (χ2n) is 6.91. The third-order valence-corrected chi connectivity index (χ3v) is 5.14. The number of halogens is 1. The van der Waals surface area contributed by atoms with E-state index in [-0.39, 0.29) is 12.3 Å². The smallest absolute Gasteiger partial charge is 0.264 e. The molecule has 2 aromatic carbocycles. The molecule has 2 heterocycles. The van der Waals surface area contributed by atoms with Crippen LogP contribution in [0.1, 0.15) is 33.9 Å². The normalized spacial score (nSPS) is 18.4. The molecule has 1 aliphatic rings. The Balaban J connectivity index is 1.72. The zero-order chi connectivity index (χ0) is 19.9. The third-order valence-electron chi connectivity index (χ3n) is 4.91. The largest absolute Gasteiger partial charge is 0.458 e. The highest BCUT2D eigenvalue weighted by Gasteiger charge is 2.51. The second-order valence-corrected chi connectivity index (χ2v) is 7.35. The summed E-state index contributed by atoms with van der Waals surface area (Å²) in [4.78, 5) is 27.4. The van der Waals surface area contributed by atoms with Gasteiger partial charge in [0.1, 0.15) is 5.76 Å². The third kappa shape index (κ3) is 3.13. The number of benzene rings is 2. The fourth-order valence-electron chi connectivity index (χ4n) is 3.52. The Bertz CT molecular complexity index is 1060. The van der Waals surface area contributed by atoms with Gasteiger partial charge < -0.3 is 14.4 Å². The van der Waals surface area contributed by atoms with E-state index in [1.807, 2.05) is 30.3 Å². The van der Waals surface area contributed by atoms with Crippen LogP contribution in [0.4, 0.5) is 5.69 Å². The molecule has 5 nitrogen and oxygen atoms in total. The molecule has 1 aliphatic heterocycles. The average Bonchev–Trinajstić information content (AvgIpc) is 3.19. The minimum Gasteiger partial charge on any atom is -0.458 e. The van der Waals surface area contributed by atoms with Gasteiger partial charge in [-0.2, -0.15) is 0 Å². The first-order valence-electron chi connectivity index (χ1n) is 8.86. The number of hydrogen-bond donors (Lipinski definition) is 1. The van der Waals surface area contributed by atoms with Gasteiger partial charge in [0, 0.05) is 10.6 Å². The highest BCUT2D eigenvalue weighted by molar-refractivity contribution is 6.31. The predicted molar refractivity (Wildman–Crippen MR) is 105 cm³/mol. The summed E-state index contributed by atoms with van der Waals surface area (Å²) in [5.74, 6) is -0.298. The van der Waals surface area contributed by atoms with Crippen LogP contribution in [-0.4, -0.2) is 16.8 Å². The molecule has 0 spiro atoms. The number of rotatable bonds is 5. The predicted octanol–water partition coefficient (Wildman–Crippen LogP) is 4.25. The summed E-state index contributed by atoms with van der Waals surface area (Å²) in [7, 11) is 0. The molecule has 1 N–H and O–H groups in total. The zero-order valence-electron chi connectivity index (χ0n) is 15.2. The van der Waals surface area contributed by atoms with Crippen molar-refractivity contribution in [2.24, 2.45) is 0 Å². The molecule has 0 bridgehead atoms. The van der Waals surface area contributed by atoms with E-state index in [1.165, 1.54) is 4.90 Å². The van der Waals surface area contributed by atoms with Gasteiger partial charge in [0.05, 0.1) is 18.7 Å². The second kappa shape index (κ2) is 6.93. The molecule has 1 atom stereocenters. The first-order valence-corrected chi connectivity index (χ1v) is 9.24. The molecule has 1 unspecified atom stereocenters. The standard InChI is InChI=1S/C22H18ClNO4/c1-14-7-10-20(28-14)19(25)12-22(27)17-11-16(23)8-9-18(17)24(21(22)26)13-15-5-3-2-4-6-15/h2-11,27H,12-13H2,1H3. The molecule has 0 fully saturated rings. The van der Waals surface area contributed by atoms with Gasteiger partial charge in [0.2, 0.25) is 5.78 Å². The van der Waals surface area contributed by atoms with Crippen molar-refractivity contribution in [2.75, 3.05) is 4.90 Å². The van der Waals surface area contributed by atoms with Crippen molar-refractivity contribution >= 4 is 29.0 Å². The number of furan rings is 1. The van der Waals surface area contributed by atoms with E-state index in [0.29, 0.717) is 22.0 Å². The SMILES string of the molecule is Cc1ccc(C(=O)CC2(O)C(=O)N(Cc3ccccc3)c3ccc(Cl)cc32)o1. The molecule has 3 aromatic rings. The van der Waals surface area contributed by atoms with Gasteiger partial charge >= 0.3 is 0 Å². The van der Waals surface area contributed by atoms with E-state index in [2.05, 4.69) is 0 Å². The number of amides is 1.